The van der Waals surface area contributed by atoms with Crippen molar-refractivity contribution in [3.8, 4) is 0 Å². The summed E-state index contributed by atoms with van der Waals surface area (Å²) in [6.45, 7) is 7.09. The predicted molar refractivity (Wildman–Crippen MR) is 79.9 cm³/mol. The van der Waals surface area contributed by atoms with E-state index in [9.17, 15) is 10.2 Å². The molecule has 6 nitrogen and oxygen atoms in total. The SMILES string of the molecule is CN(C)CC1CC(O)CN1CC(O)CN1CCNCC1. The first-order valence-corrected chi connectivity index (χ1v) is 7.72. The van der Waals surface area contributed by atoms with E-state index in [1.54, 1.807) is 0 Å². The van der Waals surface area contributed by atoms with Crippen LogP contribution in [0.15, 0.2) is 0 Å². The van der Waals surface area contributed by atoms with Gasteiger partial charge in [-0.15, -0.1) is 0 Å². The molecule has 2 fully saturated rings. The van der Waals surface area contributed by atoms with Crippen molar-refractivity contribution in [2.45, 2.75) is 24.7 Å². The van der Waals surface area contributed by atoms with Gasteiger partial charge >= 0.3 is 0 Å². The molecular formula is C14H30N4O2. The van der Waals surface area contributed by atoms with Crippen LogP contribution < -0.4 is 5.32 Å². The van der Waals surface area contributed by atoms with Gasteiger partial charge in [-0.2, -0.15) is 0 Å². The summed E-state index contributed by atoms with van der Waals surface area (Å²) in [6, 6.07) is 0.359. The maximum Gasteiger partial charge on any atom is 0.0793 e. The van der Waals surface area contributed by atoms with E-state index in [4.69, 9.17) is 0 Å². The van der Waals surface area contributed by atoms with Crippen molar-refractivity contribution in [3.63, 3.8) is 0 Å². The second-order valence-corrected chi connectivity index (χ2v) is 6.46. The second kappa shape index (κ2) is 7.68. The van der Waals surface area contributed by atoms with Gasteiger partial charge in [0.25, 0.3) is 0 Å². The number of aliphatic hydroxyl groups excluding tert-OH is 2. The molecular weight excluding hydrogens is 256 g/mol. The minimum Gasteiger partial charge on any atom is -0.392 e. The molecule has 0 bridgehead atoms. The van der Waals surface area contributed by atoms with Gasteiger partial charge < -0.3 is 20.4 Å². The minimum absolute atomic E-state index is 0.244. The number of nitrogens with zero attached hydrogens (tertiary/aromatic N) is 3. The molecule has 3 N–H and O–H groups in total. The lowest BCUT2D eigenvalue weighted by Gasteiger charge is -2.32. The standard InChI is InChI=1S/C14H30N4O2/c1-16(2)8-12-7-13(19)10-18(12)11-14(20)9-17-5-3-15-4-6-17/h12-15,19-20H,3-11H2,1-2H3. The average molecular weight is 286 g/mol. The fourth-order valence-corrected chi connectivity index (χ4v) is 3.31. The molecule has 0 amide bonds. The lowest BCUT2D eigenvalue weighted by molar-refractivity contribution is 0.0586. The molecule has 2 saturated heterocycles. The monoisotopic (exact) mass is 286 g/mol. The molecule has 6 heteroatoms. The summed E-state index contributed by atoms with van der Waals surface area (Å²) < 4.78 is 0. The summed E-state index contributed by atoms with van der Waals surface area (Å²) in [5.74, 6) is 0. The Hall–Kier alpha value is -0.240. The quantitative estimate of drug-likeness (QED) is 0.538. The zero-order valence-corrected chi connectivity index (χ0v) is 12.8. The number of nitrogens with one attached hydrogen (secondary N) is 1. The molecule has 0 aromatic carbocycles. The summed E-state index contributed by atoms with van der Waals surface area (Å²) in [4.78, 5) is 6.71. The number of aliphatic hydroxyl groups is 2. The van der Waals surface area contributed by atoms with Crippen molar-refractivity contribution in [2.75, 3.05) is 66.5 Å². The number of rotatable bonds is 6. The van der Waals surface area contributed by atoms with Gasteiger partial charge in [-0.25, -0.2) is 0 Å². The summed E-state index contributed by atoms with van der Waals surface area (Å²) in [7, 11) is 4.11. The van der Waals surface area contributed by atoms with Gasteiger partial charge in [0.05, 0.1) is 12.2 Å². The molecule has 0 radical (unpaired) electrons. The van der Waals surface area contributed by atoms with Crippen molar-refractivity contribution in [1.82, 2.24) is 20.0 Å². The summed E-state index contributed by atoms with van der Waals surface area (Å²) >= 11 is 0. The summed E-state index contributed by atoms with van der Waals surface area (Å²) in [5, 5.41) is 23.5. The van der Waals surface area contributed by atoms with Crippen LogP contribution in [-0.4, -0.2) is 110 Å². The molecule has 3 atom stereocenters. The van der Waals surface area contributed by atoms with E-state index in [-0.39, 0.29) is 12.2 Å². The lowest BCUT2D eigenvalue weighted by atomic mass is 10.2. The van der Waals surface area contributed by atoms with Crippen LogP contribution >= 0.6 is 0 Å². The highest BCUT2D eigenvalue weighted by molar-refractivity contribution is 4.88. The Morgan fingerprint density at radius 3 is 2.60 bits per heavy atom. The highest BCUT2D eigenvalue weighted by atomic mass is 16.3. The summed E-state index contributed by atoms with van der Waals surface area (Å²) in [6.07, 6.45) is 0.243. The molecule has 2 heterocycles. The molecule has 0 aromatic heterocycles. The third-order valence-corrected chi connectivity index (χ3v) is 4.21. The van der Waals surface area contributed by atoms with Gasteiger partial charge in [-0.05, 0) is 20.5 Å². The zero-order chi connectivity index (χ0) is 14.5. The Kier molecular flexibility index (Phi) is 6.20. The Bertz CT molecular complexity index is 284. The van der Waals surface area contributed by atoms with Crippen molar-refractivity contribution < 1.29 is 10.2 Å². The smallest absolute Gasteiger partial charge is 0.0793 e. The maximum absolute atomic E-state index is 10.3. The van der Waals surface area contributed by atoms with Crippen LogP contribution in [0.25, 0.3) is 0 Å². The van der Waals surface area contributed by atoms with Crippen molar-refractivity contribution in [2.24, 2.45) is 0 Å². The summed E-state index contributed by atoms with van der Waals surface area (Å²) in [5.41, 5.74) is 0. The predicted octanol–water partition coefficient (Wildman–Crippen LogP) is -1.75. The Labute approximate surface area is 122 Å². The zero-order valence-electron chi connectivity index (χ0n) is 12.8. The van der Waals surface area contributed by atoms with Crippen LogP contribution in [0, 0.1) is 0 Å². The van der Waals surface area contributed by atoms with Gasteiger partial charge in [0.1, 0.15) is 0 Å². The van der Waals surface area contributed by atoms with E-state index in [0.717, 1.165) is 45.7 Å². The molecule has 3 unspecified atom stereocenters. The van der Waals surface area contributed by atoms with E-state index in [1.807, 2.05) is 0 Å². The molecule has 20 heavy (non-hydrogen) atoms. The second-order valence-electron chi connectivity index (χ2n) is 6.46. The number of hydrogen-bond donors (Lipinski definition) is 3. The number of hydrogen-bond acceptors (Lipinski definition) is 6. The highest BCUT2D eigenvalue weighted by Crippen LogP contribution is 2.18. The van der Waals surface area contributed by atoms with Gasteiger partial charge in [-0.3, -0.25) is 9.80 Å². The molecule has 0 aliphatic carbocycles. The lowest BCUT2D eigenvalue weighted by Crippen LogP contribution is -2.49. The first-order valence-electron chi connectivity index (χ1n) is 7.72. The van der Waals surface area contributed by atoms with Gasteiger partial charge in [0.15, 0.2) is 0 Å². The largest absolute Gasteiger partial charge is 0.392 e. The number of β-amino-alcohol motifs (C(OH)–C–C–N with tert-alkyl or cyclic N) is 2. The topological polar surface area (TPSA) is 62.2 Å². The number of likely N-dealkylation sites (tertiary alicyclic amines) is 1. The van der Waals surface area contributed by atoms with Crippen molar-refractivity contribution >= 4 is 0 Å². The third kappa shape index (κ3) is 4.95. The number of likely N-dealkylation sites (N-methyl/N-ethyl adjacent to an activating group) is 1. The molecule has 0 aromatic rings. The van der Waals surface area contributed by atoms with Crippen LogP contribution in [-0.2, 0) is 0 Å². The van der Waals surface area contributed by atoms with Gasteiger partial charge in [0, 0.05) is 58.4 Å². The van der Waals surface area contributed by atoms with Crippen LogP contribution in [0.1, 0.15) is 6.42 Å². The third-order valence-electron chi connectivity index (χ3n) is 4.21. The normalized spacial score (nSPS) is 31.1. The van der Waals surface area contributed by atoms with E-state index < -0.39 is 0 Å². The number of piperazine rings is 1. The fourth-order valence-electron chi connectivity index (χ4n) is 3.31. The highest BCUT2D eigenvalue weighted by Gasteiger charge is 2.32. The molecule has 118 valence electrons. The van der Waals surface area contributed by atoms with E-state index >= 15 is 0 Å². The fraction of sp³-hybridized carbons (Fsp3) is 1.00. The van der Waals surface area contributed by atoms with Crippen LogP contribution in [0.2, 0.25) is 0 Å². The molecule has 0 spiro atoms. The molecule has 2 rings (SSSR count). The van der Waals surface area contributed by atoms with Crippen LogP contribution in [0.5, 0.6) is 0 Å². The van der Waals surface area contributed by atoms with Crippen LogP contribution in [0.4, 0.5) is 0 Å². The minimum atomic E-state index is -0.330. The van der Waals surface area contributed by atoms with Crippen LogP contribution in [0.3, 0.4) is 0 Å². The molecule has 2 aliphatic heterocycles. The average Bonchev–Trinajstić information content (AvgIpc) is 2.69. The van der Waals surface area contributed by atoms with E-state index in [0.29, 0.717) is 19.1 Å². The van der Waals surface area contributed by atoms with E-state index in [1.165, 1.54) is 0 Å². The Balaban J connectivity index is 1.77. The van der Waals surface area contributed by atoms with Gasteiger partial charge in [-0.1, -0.05) is 0 Å². The Morgan fingerprint density at radius 2 is 1.95 bits per heavy atom. The first-order chi connectivity index (χ1) is 9.54. The first kappa shape index (κ1) is 16.1. The van der Waals surface area contributed by atoms with E-state index in [2.05, 4.69) is 34.1 Å². The van der Waals surface area contributed by atoms with Crippen molar-refractivity contribution in [3.05, 3.63) is 0 Å². The molecule has 2 aliphatic rings. The maximum atomic E-state index is 10.3. The van der Waals surface area contributed by atoms with Gasteiger partial charge in [0.2, 0.25) is 0 Å². The molecule has 0 saturated carbocycles. The van der Waals surface area contributed by atoms with Crippen molar-refractivity contribution in [1.29, 1.82) is 0 Å². The Morgan fingerprint density at radius 1 is 1.25 bits per heavy atom.